The molecule has 0 heterocycles. The second kappa shape index (κ2) is 7.14. The number of halogens is 1. The summed E-state index contributed by atoms with van der Waals surface area (Å²) in [6.45, 7) is 2.30. The first kappa shape index (κ1) is 15.4. The fraction of sp³-hybridized carbons (Fsp3) is 0.235. The number of carbonyl (C=O) groups is 1. The minimum atomic E-state index is 0.00991. The maximum Gasteiger partial charge on any atom is 0.159 e. The molecule has 0 bridgehead atoms. The summed E-state index contributed by atoms with van der Waals surface area (Å²) in [4.78, 5) is 11.4. The summed E-state index contributed by atoms with van der Waals surface area (Å²) in [7, 11) is 1.66. The zero-order valence-electron chi connectivity index (χ0n) is 12.2. The molecule has 2 aromatic carbocycles. The number of ketones is 1. The zero-order chi connectivity index (χ0) is 15.2. The molecule has 0 atom stereocenters. The quantitative estimate of drug-likeness (QED) is 0.813. The van der Waals surface area contributed by atoms with Gasteiger partial charge in [0.2, 0.25) is 0 Å². The SMILES string of the molecule is COc1ccc(CCNc2cc(Cl)cc(C(C)=O)c2)cc1. The van der Waals surface area contributed by atoms with Crippen LogP contribution in [0.2, 0.25) is 5.02 Å². The summed E-state index contributed by atoms with van der Waals surface area (Å²) < 4.78 is 5.13. The van der Waals surface area contributed by atoms with E-state index in [9.17, 15) is 4.79 Å². The molecule has 1 N–H and O–H groups in total. The molecule has 0 fully saturated rings. The van der Waals surface area contributed by atoms with Crippen molar-refractivity contribution < 1.29 is 9.53 Å². The maximum absolute atomic E-state index is 11.4. The van der Waals surface area contributed by atoms with E-state index in [0.717, 1.165) is 24.4 Å². The maximum atomic E-state index is 11.4. The third-order valence-corrected chi connectivity index (χ3v) is 3.42. The third-order valence-electron chi connectivity index (χ3n) is 3.21. The molecule has 0 aliphatic carbocycles. The summed E-state index contributed by atoms with van der Waals surface area (Å²) >= 11 is 6.02. The van der Waals surface area contributed by atoms with Gasteiger partial charge in [-0.05, 0) is 49.2 Å². The van der Waals surface area contributed by atoms with Crippen LogP contribution in [0.25, 0.3) is 0 Å². The van der Waals surface area contributed by atoms with Crippen LogP contribution in [0.5, 0.6) is 5.75 Å². The number of hydrogen-bond acceptors (Lipinski definition) is 3. The second-order valence-corrected chi connectivity index (χ2v) is 5.25. The summed E-state index contributed by atoms with van der Waals surface area (Å²) in [5, 5.41) is 3.85. The van der Waals surface area contributed by atoms with Gasteiger partial charge in [-0.15, -0.1) is 0 Å². The Balaban J connectivity index is 1.95. The topological polar surface area (TPSA) is 38.3 Å². The van der Waals surface area contributed by atoms with Crippen LogP contribution in [0.1, 0.15) is 22.8 Å². The lowest BCUT2D eigenvalue weighted by Gasteiger charge is -2.09. The van der Waals surface area contributed by atoms with Crippen molar-refractivity contribution in [3.8, 4) is 5.75 Å². The largest absolute Gasteiger partial charge is 0.497 e. The van der Waals surface area contributed by atoms with E-state index in [1.807, 2.05) is 36.4 Å². The van der Waals surface area contributed by atoms with Crippen molar-refractivity contribution >= 4 is 23.1 Å². The first-order valence-corrected chi connectivity index (χ1v) is 7.14. The molecule has 0 radical (unpaired) electrons. The molecular formula is C17H18ClNO2. The molecular weight excluding hydrogens is 286 g/mol. The number of methoxy groups -OCH3 is 1. The smallest absolute Gasteiger partial charge is 0.159 e. The van der Waals surface area contributed by atoms with Crippen molar-refractivity contribution in [1.29, 1.82) is 0 Å². The van der Waals surface area contributed by atoms with Crippen molar-refractivity contribution in [1.82, 2.24) is 0 Å². The van der Waals surface area contributed by atoms with E-state index in [4.69, 9.17) is 16.3 Å². The summed E-state index contributed by atoms with van der Waals surface area (Å²) in [6.07, 6.45) is 0.881. The predicted molar refractivity (Wildman–Crippen MR) is 86.6 cm³/mol. The van der Waals surface area contributed by atoms with E-state index in [0.29, 0.717) is 10.6 Å². The molecule has 0 amide bonds. The number of rotatable bonds is 6. The first-order chi connectivity index (χ1) is 10.1. The number of Topliss-reactive ketones (excluding diaryl/α,β-unsaturated/α-hetero) is 1. The number of hydrogen-bond donors (Lipinski definition) is 1. The minimum Gasteiger partial charge on any atom is -0.497 e. The van der Waals surface area contributed by atoms with Crippen LogP contribution in [0, 0.1) is 0 Å². The van der Waals surface area contributed by atoms with Gasteiger partial charge in [0, 0.05) is 22.8 Å². The molecule has 0 unspecified atom stereocenters. The number of ether oxygens (including phenoxy) is 1. The van der Waals surface area contributed by atoms with Gasteiger partial charge in [-0.1, -0.05) is 23.7 Å². The van der Waals surface area contributed by atoms with Crippen LogP contribution >= 0.6 is 11.6 Å². The van der Waals surface area contributed by atoms with Gasteiger partial charge in [0.15, 0.2) is 5.78 Å². The molecule has 2 aromatic rings. The van der Waals surface area contributed by atoms with E-state index in [-0.39, 0.29) is 5.78 Å². The monoisotopic (exact) mass is 303 g/mol. The highest BCUT2D eigenvalue weighted by Crippen LogP contribution is 2.19. The molecule has 0 saturated carbocycles. The van der Waals surface area contributed by atoms with Crippen molar-refractivity contribution in [2.45, 2.75) is 13.3 Å². The molecule has 21 heavy (non-hydrogen) atoms. The Morgan fingerprint density at radius 2 is 1.90 bits per heavy atom. The van der Waals surface area contributed by atoms with Crippen LogP contribution in [0.4, 0.5) is 5.69 Å². The van der Waals surface area contributed by atoms with Crippen molar-refractivity contribution in [3.63, 3.8) is 0 Å². The van der Waals surface area contributed by atoms with Crippen LogP contribution in [-0.4, -0.2) is 19.4 Å². The van der Waals surface area contributed by atoms with E-state index in [1.165, 1.54) is 12.5 Å². The van der Waals surface area contributed by atoms with Gasteiger partial charge in [-0.3, -0.25) is 4.79 Å². The number of benzene rings is 2. The number of carbonyl (C=O) groups excluding carboxylic acids is 1. The lowest BCUT2D eigenvalue weighted by Crippen LogP contribution is -2.05. The van der Waals surface area contributed by atoms with Gasteiger partial charge >= 0.3 is 0 Å². The Bertz CT molecular complexity index is 623. The average Bonchev–Trinajstić information content (AvgIpc) is 2.47. The highest BCUT2D eigenvalue weighted by Gasteiger charge is 2.03. The summed E-state index contributed by atoms with van der Waals surface area (Å²) in [5.74, 6) is 0.864. The lowest BCUT2D eigenvalue weighted by atomic mass is 10.1. The van der Waals surface area contributed by atoms with Crippen LogP contribution < -0.4 is 10.1 Å². The van der Waals surface area contributed by atoms with Crippen LogP contribution in [0.3, 0.4) is 0 Å². The first-order valence-electron chi connectivity index (χ1n) is 6.77. The van der Waals surface area contributed by atoms with E-state index in [1.54, 1.807) is 13.2 Å². The van der Waals surface area contributed by atoms with Crippen LogP contribution in [-0.2, 0) is 6.42 Å². The fourth-order valence-corrected chi connectivity index (χ4v) is 2.27. The molecule has 3 nitrogen and oxygen atoms in total. The fourth-order valence-electron chi connectivity index (χ4n) is 2.04. The minimum absolute atomic E-state index is 0.00991. The van der Waals surface area contributed by atoms with E-state index < -0.39 is 0 Å². The van der Waals surface area contributed by atoms with Gasteiger partial charge in [0.25, 0.3) is 0 Å². The van der Waals surface area contributed by atoms with Gasteiger partial charge in [-0.2, -0.15) is 0 Å². The van der Waals surface area contributed by atoms with Crippen molar-refractivity contribution in [2.24, 2.45) is 0 Å². The van der Waals surface area contributed by atoms with Gasteiger partial charge in [-0.25, -0.2) is 0 Å². The Morgan fingerprint density at radius 3 is 2.52 bits per heavy atom. The Kier molecular flexibility index (Phi) is 5.23. The molecule has 2 rings (SSSR count). The highest BCUT2D eigenvalue weighted by molar-refractivity contribution is 6.31. The normalized spacial score (nSPS) is 10.2. The third kappa shape index (κ3) is 4.50. The van der Waals surface area contributed by atoms with Gasteiger partial charge < -0.3 is 10.1 Å². The van der Waals surface area contributed by atoms with Gasteiger partial charge in [0.1, 0.15) is 5.75 Å². The Labute approximate surface area is 129 Å². The second-order valence-electron chi connectivity index (χ2n) is 4.81. The molecule has 0 aliphatic heterocycles. The standard InChI is InChI=1S/C17H18ClNO2/c1-12(20)14-9-15(18)11-16(10-14)19-8-7-13-3-5-17(21-2)6-4-13/h3-6,9-11,19H,7-8H2,1-2H3. The molecule has 0 aromatic heterocycles. The van der Waals surface area contributed by atoms with Gasteiger partial charge in [0.05, 0.1) is 7.11 Å². The highest BCUT2D eigenvalue weighted by atomic mass is 35.5. The van der Waals surface area contributed by atoms with E-state index in [2.05, 4.69) is 5.32 Å². The van der Waals surface area contributed by atoms with Crippen molar-refractivity contribution in [2.75, 3.05) is 19.0 Å². The Hall–Kier alpha value is -2.00. The number of anilines is 1. The molecule has 0 spiro atoms. The van der Waals surface area contributed by atoms with E-state index >= 15 is 0 Å². The molecule has 0 saturated heterocycles. The molecule has 0 aliphatic rings. The lowest BCUT2D eigenvalue weighted by molar-refractivity contribution is 0.101. The zero-order valence-corrected chi connectivity index (χ0v) is 12.9. The van der Waals surface area contributed by atoms with Crippen LogP contribution in [0.15, 0.2) is 42.5 Å². The number of nitrogens with one attached hydrogen (secondary N) is 1. The average molecular weight is 304 g/mol. The molecule has 110 valence electrons. The van der Waals surface area contributed by atoms with Crippen molar-refractivity contribution in [3.05, 3.63) is 58.6 Å². The summed E-state index contributed by atoms with van der Waals surface area (Å²) in [6, 6.07) is 13.3. The Morgan fingerprint density at radius 1 is 1.19 bits per heavy atom. The summed E-state index contributed by atoms with van der Waals surface area (Å²) in [5.41, 5.74) is 2.70. The predicted octanol–water partition coefficient (Wildman–Crippen LogP) is 4.21. The molecule has 4 heteroatoms.